The smallest absolute Gasteiger partial charge is 0.157 e. The number of anilines is 2. The average molecular weight is 332 g/mol. The van der Waals surface area contributed by atoms with Crippen LogP contribution in [0.5, 0.6) is 0 Å². The summed E-state index contributed by atoms with van der Waals surface area (Å²) in [5, 5.41) is 4.02. The van der Waals surface area contributed by atoms with Gasteiger partial charge in [0.1, 0.15) is 5.69 Å². The van der Waals surface area contributed by atoms with Gasteiger partial charge in [-0.05, 0) is 30.3 Å². The van der Waals surface area contributed by atoms with Crippen LogP contribution in [-0.4, -0.2) is 9.97 Å². The number of rotatable bonds is 3. The Balaban J connectivity index is 1.88. The largest absolute Gasteiger partial charge is 0.338 e. The minimum absolute atomic E-state index is 0.676. The van der Waals surface area contributed by atoms with E-state index in [0.717, 1.165) is 28.0 Å². The van der Waals surface area contributed by atoms with Crippen LogP contribution >= 0.6 is 11.6 Å². The van der Waals surface area contributed by atoms with E-state index in [4.69, 9.17) is 21.6 Å². The fraction of sp³-hybridized carbons (Fsp3) is 0. The monoisotopic (exact) mass is 331 g/mol. The Kier molecular flexibility index (Phi) is 3.85. The first-order valence-electron chi connectivity index (χ1n) is 7.64. The van der Waals surface area contributed by atoms with Gasteiger partial charge >= 0.3 is 0 Å². The van der Waals surface area contributed by atoms with Gasteiger partial charge in [0.15, 0.2) is 5.82 Å². The Labute approximate surface area is 145 Å². The van der Waals surface area contributed by atoms with E-state index in [0.29, 0.717) is 10.8 Å². The van der Waals surface area contributed by atoms with Crippen LogP contribution in [0.4, 0.5) is 11.5 Å². The molecule has 0 saturated carbocycles. The van der Waals surface area contributed by atoms with Gasteiger partial charge in [0.2, 0.25) is 0 Å². The molecule has 1 heterocycles. The zero-order chi connectivity index (χ0) is 16.4. The molecule has 0 spiro atoms. The maximum Gasteiger partial charge on any atom is 0.157 e. The van der Waals surface area contributed by atoms with Crippen molar-refractivity contribution in [3.63, 3.8) is 0 Å². The Morgan fingerprint density at radius 1 is 0.708 bits per heavy atom. The van der Waals surface area contributed by atoms with Gasteiger partial charge < -0.3 is 5.32 Å². The molecule has 1 aromatic heterocycles. The highest BCUT2D eigenvalue weighted by molar-refractivity contribution is 6.30. The summed E-state index contributed by atoms with van der Waals surface area (Å²) in [5.74, 6) is 0.710. The minimum atomic E-state index is 0.676. The van der Waals surface area contributed by atoms with Gasteiger partial charge in [0, 0.05) is 16.3 Å². The average Bonchev–Trinajstić information content (AvgIpc) is 2.62. The summed E-state index contributed by atoms with van der Waals surface area (Å²) < 4.78 is 0. The minimum Gasteiger partial charge on any atom is -0.338 e. The third-order valence-electron chi connectivity index (χ3n) is 3.71. The van der Waals surface area contributed by atoms with Gasteiger partial charge in [-0.15, -0.1) is 0 Å². The Bertz CT molecular complexity index is 1000. The second kappa shape index (κ2) is 6.30. The van der Waals surface area contributed by atoms with E-state index in [2.05, 4.69) is 5.32 Å². The van der Waals surface area contributed by atoms with Crippen molar-refractivity contribution in [2.75, 3.05) is 5.32 Å². The number of benzene rings is 3. The molecule has 3 aromatic carbocycles. The van der Waals surface area contributed by atoms with Gasteiger partial charge in [0.25, 0.3) is 0 Å². The quantitative estimate of drug-likeness (QED) is 0.523. The lowest BCUT2D eigenvalue weighted by Crippen LogP contribution is -2.00. The van der Waals surface area contributed by atoms with Crippen molar-refractivity contribution in [1.29, 1.82) is 0 Å². The van der Waals surface area contributed by atoms with Crippen molar-refractivity contribution in [3.05, 3.63) is 83.9 Å². The molecular weight excluding hydrogens is 318 g/mol. The van der Waals surface area contributed by atoms with Crippen molar-refractivity contribution >= 4 is 34.1 Å². The topological polar surface area (TPSA) is 37.8 Å². The maximum absolute atomic E-state index is 6.09. The molecule has 4 heteroatoms. The van der Waals surface area contributed by atoms with Gasteiger partial charge in [-0.1, -0.05) is 60.1 Å². The number of hydrogen-bond donors (Lipinski definition) is 1. The third-order valence-corrected chi connectivity index (χ3v) is 3.94. The van der Waals surface area contributed by atoms with Crippen LogP contribution < -0.4 is 5.32 Å². The van der Waals surface area contributed by atoms with E-state index in [1.165, 1.54) is 0 Å². The van der Waals surface area contributed by atoms with Crippen LogP contribution in [0.3, 0.4) is 0 Å². The van der Waals surface area contributed by atoms with Crippen molar-refractivity contribution in [1.82, 2.24) is 9.97 Å². The van der Waals surface area contributed by atoms with Crippen molar-refractivity contribution in [2.45, 2.75) is 0 Å². The van der Waals surface area contributed by atoms with Crippen molar-refractivity contribution < 1.29 is 0 Å². The van der Waals surface area contributed by atoms with Crippen molar-refractivity contribution in [2.24, 2.45) is 0 Å². The zero-order valence-electron chi connectivity index (χ0n) is 12.8. The lowest BCUT2D eigenvalue weighted by molar-refractivity contribution is 1.28. The summed E-state index contributed by atoms with van der Waals surface area (Å²) >= 11 is 6.09. The molecule has 0 aliphatic heterocycles. The number of nitrogens with zero attached hydrogens (tertiary/aromatic N) is 2. The van der Waals surface area contributed by atoms with E-state index in [-0.39, 0.29) is 0 Å². The highest BCUT2D eigenvalue weighted by Crippen LogP contribution is 2.29. The number of nitrogens with one attached hydrogen (secondary N) is 1. The highest BCUT2D eigenvalue weighted by atomic mass is 35.5. The van der Waals surface area contributed by atoms with Crippen LogP contribution in [0.1, 0.15) is 0 Å². The van der Waals surface area contributed by atoms with E-state index < -0.39 is 0 Å². The predicted molar refractivity (Wildman–Crippen MR) is 99.7 cm³/mol. The molecule has 3 nitrogen and oxygen atoms in total. The number of halogens is 1. The highest BCUT2D eigenvalue weighted by Gasteiger charge is 2.11. The standard InChI is InChI=1S/C20H14ClN3/c21-15-9-6-10-16(13-15)22-20-19(14-7-2-1-3-8-14)23-17-11-4-5-12-18(17)24-20/h1-13H,(H,22,24). The summed E-state index contributed by atoms with van der Waals surface area (Å²) in [6.07, 6.45) is 0. The van der Waals surface area contributed by atoms with Crippen LogP contribution in [0, 0.1) is 0 Å². The first kappa shape index (κ1) is 14.7. The van der Waals surface area contributed by atoms with E-state index in [1.54, 1.807) is 0 Å². The first-order chi connectivity index (χ1) is 11.8. The van der Waals surface area contributed by atoms with Crippen molar-refractivity contribution in [3.8, 4) is 11.3 Å². The van der Waals surface area contributed by atoms with Crippen LogP contribution in [0.25, 0.3) is 22.3 Å². The van der Waals surface area contributed by atoms with E-state index in [9.17, 15) is 0 Å². The normalized spacial score (nSPS) is 10.7. The molecule has 24 heavy (non-hydrogen) atoms. The van der Waals surface area contributed by atoms with Gasteiger partial charge in [-0.25, -0.2) is 9.97 Å². The molecule has 0 unspecified atom stereocenters. The number of para-hydroxylation sites is 2. The molecule has 0 atom stereocenters. The maximum atomic E-state index is 6.09. The fourth-order valence-corrected chi connectivity index (χ4v) is 2.78. The van der Waals surface area contributed by atoms with Gasteiger partial charge in [-0.3, -0.25) is 0 Å². The second-order valence-corrected chi connectivity index (χ2v) is 5.85. The molecule has 0 amide bonds. The van der Waals surface area contributed by atoms with Crippen LogP contribution in [-0.2, 0) is 0 Å². The summed E-state index contributed by atoms with van der Waals surface area (Å²) in [6, 6.07) is 25.5. The SMILES string of the molecule is Clc1cccc(Nc2nc3ccccc3nc2-c2ccccc2)c1. The third kappa shape index (κ3) is 2.94. The molecular formula is C20H14ClN3. The molecule has 0 saturated heterocycles. The molecule has 1 N–H and O–H groups in total. The van der Waals surface area contributed by atoms with E-state index >= 15 is 0 Å². The predicted octanol–water partition coefficient (Wildman–Crippen LogP) is 5.69. The van der Waals surface area contributed by atoms with Gasteiger partial charge in [0.05, 0.1) is 11.0 Å². The van der Waals surface area contributed by atoms with E-state index in [1.807, 2.05) is 78.9 Å². The Morgan fingerprint density at radius 3 is 2.17 bits per heavy atom. The molecule has 4 aromatic rings. The number of aromatic nitrogens is 2. The second-order valence-electron chi connectivity index (χ2n) is 5.41. The Morgan fingerprint density at radius 2 is 1.42 bits per heavy atom. The van der Waals surface area contributed by atoms with Crippen LogP contribution in [0.15, 0.2) is 78.9 Å². The molecule has 0 bridgehead atoms. The van der Waals surface area contributed by atoms with Crippen LogP contribution in [0.2, 0.25) is 5.02 Å². The summed E-state index contributed by atoms with van der Waals surface area (Å²) in [5.41, 5.74) is 4.42. The summed E-state index contributed by atoms with van der Waals surface area (Å²) in [7, 11) is 0. The fourth-order valence-electron chi connectivity index (χ4n) is 2.59. The summed E-state index contributed by atoms with van der Waals surface area (Å²) in [6.45, 7) is 0. The van der Waals surface area contributed by atoms with Gasteiger partial charge in [-0.2, -0.15) is 0 Å². The Hall–Kier alpha value is -2.91. The molecule has 0 fully saturated rings. The molecule has 116 valence electrons. The first-order valence-corrected chi connectivity index (χ1v) is 8.02. The molecule has 0 radical (unpaired) electrons. The number of hydrogen-bond acceptors (Lipinski definition) is 3. The zero-order valence-corrected chi connectivity index (χ0v) is 13.5. The molecule has 0 aliphatic rings. The number of fused-ring (bicyclic) bond motifs is 1. The summed E-state index contributed by atoms with van der Waals surface area (Å²) in [4.78, 5) is 9.57. The lowest BCUT2D eigenvalue weighted by Gasteiger charge is -2.12. The lowest BCUT2D eigenvalue weighted by atomic mass is 10.1. The molecule has 4 rings (SSSR count). The molecule has 0 aliphatic carbocycles.